The van der Waals surface area contributed by atoms with E-state index in [0.717, 1.165) is 24.1 Å². The predicted molar refractivity (Wildman–Crippen MR) is 98.5 cm³/mol. The lowest BCUT2D eigenvalue weighted by atomic mass is 9.95. The van der Waals surface area contributed by atoms with E-state index in [2.05, 4.69) is 5.32 Å². The average molecular weight is 352 g/mol. The SMILES string of the molecule is COC(=O)c1cccc2c1CCCN2C(=O)c1ccc(NC(C)=O)cc1. The molecule has 134 valence electrons. The number of carbonyl (C=O) groups is 3. The summed E-state index contributed by atoms with van der Waals surface area (Å²) in [7, 11) is 1.35. The smallest absolute Gasteiger partial charge is 0.338 e. The van der Waals surface area contributed by atoms with Crippen LogP contribution in [-0.4, -0.2) is 31.4 Å². The molecule has 0 atom stereocenters. The summed E-state index contributed by atoms with van der Waals surface area (Å²) in [6.45, 7) is 2.02. The minimum absolute atomic E-state index is 0.137. The molecule has 0 aromatic heterocycles. The normalized spacial score (nSPS) is 12.9. The van der Waals surface area contributed by atoms with Crippen LogP contribution in [0, 0.1) is 0 Å². The first-order valence-corrected chi connectivity index (χ1v) is 8.41. The van der Waals surface area contributed by atoms with Crippen LogP contribution in [0.2, 0.25) is 0 Å². The lowest BCUT2D eigenvalue weighted by Gasteiger charge is -2.30. The molecule has 0 radical (unpaired) electrons. The van der Waals surface area contributed by atoms with Crippen LogP contribution in [0.15, 0.2) is 42.5 Å². The summed E-state index contributed by atoms with van der Waals surface area (Å²) >= 11 is 0. The molecule has 1 N–H and O–H groups in total. The highest BCUT2D eigenvalue weighted by molar-refractivity contribution is 6.08. The zero-order chi connectivity index (χ0) is 18.7. The van der Waals surface area contributed by atoms with Gasteiger partial charge in [0.25, 0.3) is 5.91 Å². The standard InChI is InChI=1S/C20H20N2O4/c1-13(23)21-15-10-8-14(9-11-15)19(24)22-12-4-6-16-17(20(25)26-2)5-3-7-18(16)22/h3,5,7-11H,4,6,12H2,1-2H3,(H,21,23). The third-order valence-electron chi connectivity index (χ3n) is 4.35. The number of nitrogens with zero attached hydrogens (tertiary/aromatic N) is 1. The Kier molecular flexibility index (Phi) is 5.02. The van der Waals surface area contributed by atoms with Crippen LogP contribution >= 0.6 is 0 Å². The molecule has 0 fully saturated rings. The van der Waals surface area contributed by atoms with E-state index in [0.29, 0.717) is 23.4 Å². The third kappa shape index (κ3) is 3.44. The Morgan fingerprint density at radius 3 is 2.46 bits per heavy atom. The van der Waals surface area contributed by atoms with E-state index < -0.39 is 5.97 Å². The number of amides is 2. The van der Waals surface area contributed by atoms with E-state index in [-0.39, 0.29) is 11.8 Å². The van der Waals surface area contributed by atoms with Crippen molar-refractivity contribution in [2.75, 3.05) is 23.9 Å². The van der Waals surface area contributed by atoms with E-state index in [1.165, 1.54) is 14.0 Å². The lowest BCUT2D eigenvalue weighted by molar-refractivity contribution is -0.114. The van der Waals surface area contributed by atoms with Crippen molar-refractivity contribution in [3.8, 4) is 0 Å². The second-order valence-corrected chi connectivity index (χ2v) is 6.11. The van der Waals surface area contributed by atoms with Crippen LogP contribution < -0.4 is 10.2 Å². The summed E-state index contributed by atoms with van der Waals surface area (Å²) in [5, 5.41) is 2.68. The third-order valence-corrected chi connectivity index (χ3v) is 4.35. The molecule has 0 aliphatic carbocycles. The molecule has 0 bridgehead atoms. The number of anilines is 2. The number of carbonyl (C=O) groups excluding carboxylic acids is 3. The van der Waals surface area contributed by atoms with Gasteiger partial charge in [-0.3, -0.25) is 9.59 Å². The Labute approximate surface area is 151 Å². The first kappa shape index (κ1) is 17.7. The number of rotatable bonds is 3. The van der Waals surface area contributed by atoms with Crippen molar-refractivity contribution in [3.63, 3.8) is 0 Å². The van der Waals surface area contributed by atoms with Crippen molar-refractivity contribution in [1.29, 1.82) is 0 Å². The van der Waals surface area contributed by atoms with Gasteiger partial charge in [0.2, 0.25) is 5.91 Å². The van der Waals surface area contributed by atoms with Crippen LogP contribution in [0.3, 0.4) is 0 Å². The molecule has 0 saturated heterocycles. The molecule has 2 aromatic carbocycles. The molecular weight excluding hydrogens is 332 g/mol. The van der Waals surface area contributed by atoms with Crippen molar-refractivity contribution >= 4 is 29.2 Å². The van der Waals surface area contributed by atoms with Crippen LogP contribution in [0.5, 0.6) is 0 Å². The van der Waals surface area contributed by atoms with Crippen molar-refractivity contribution in [2.45, 2.75) is 19.8 Å². The van der Waals surface area contributed by atoms with Crippen LogP contribution in [0.25, 0.3) is 0 Å². The fourth-order valence-electron chi connectivity index (χ4n) is 3.19. The molecule has 0 spiro atoms. The minimum Gasteiger partial charge on any atom is -0.465 e. The average Bonchev–Trinajstić information content (AvgIpc) is 2.66. The molecule has 1 heterocycles. The predicted octanol–water partition coefficient (Wildman–Crippen LogP) is 3.02. The lowest BCUT2D eigenvalue weighted by Crippen LogP contribution is -2.36. The quantitative estimate of drug-likeness (QED) is 0.862. The molecule has 0 unspecified atom stereocenters. The van der Waals surface area contributed by atoms with Gasteiger partial charge < -0.3 is 15.0 Å². The molecular formula is C20H20N2O4. The number of benzene rings is 2. The van der Waals surface area contributed by atoms with E-state index in [4.69, 9.17) is 4.74 Å². The number of esters is 1. The summed E-state index contributed by atoms with van der Waals surface area (Å²) in [4.78, 5) is 37.8. The number of nitrogens with one attached hydrogen (secondary N) is 1. The van der Waals surface area contributed by atoms with Gasteiger partial charge in [0, 0.05) is 30.4 Å². The van der Waals surface area contributed by atoms with E-state index >= 15 is 0 Å². The second-order valence-electron chi connectivity index (χ2n) is 6.11. The largest absolute Gasteiger partial charge is 0.465 e. The van der Waals surface area contributed by atoms with Crippen molar-refractivity contribution in [1.82, 2.24) is 0 Å². The minimum atomic E-state index is -0.393. The van der Waals surface area contributed by atoms with Gasteiger partial charge in [-0.15, -0.1) is 0 Å². The Balaban J connectivity index is 1.91. The summed E-state index contributed by atoms with van der Waals surface area (Å²) < 4.78 is 4.85. The van der Waals surface area contributed by atoms with E-state index in [1.54, 1.807) is 41.3 Å². The van der Waals surface area contributed by atoms with Gasteiger partial charge in [-0.1, -0.05) is 6.07 Å². The molecule has 3 rings (SSSR count). The number of ether oxygens (including phenoxy) is 1. The topological polar surface area (TPSA) is 75.7 Å². The van der Waals surface area contributed by atoms with Gasteiger partial charge in [0.15, 0.2) is 0 Å². The van der Waals surface area contributed by atoms with Crippen LogP contribution in [0.4, 0.5) is 11.4 Å². The number of methoxy groups -OCH3 is 1. The highest BCUT2D eigenvalue weighted by Gasteiger charge is 2.27. The zero-order valence-electron chi connectivity index (χ0n) is 14.7. The Morgan fingerprint density at radius 1 is 1.08 bits per heavy atom. The monoisotopic (exact) mass is 352 g/mol. The Bertz CT molecular complexity index is 859. The van der Waals surface area contributed by atoms with Gasteiger partial charge in [-0.25, -0.2) is 4.79 Å². The first-order valence-electron chi connectivity index (χ1n) is 8.41. The van der Waals surface area contributed by atoms with E-state index in [1.807, 2.05) is 6.07 Å². The molecule has 6 heteroatoms. The van der Waals surface area contributed by atoms with E-state index in [9.17, 15) is 14.4 Å². The summed E-state index contributed by atoms with van der Waals surface area (Å²) in [5.74, 6) is -0.692. The second kappa shape index (κ2) is 7.39. The van der Waals surface area contributed by atoms with Crippen LogP contribution in [-0.2, 0) is 16.0 Å². The van der Waals surface area contributed by atoms with Crippen LogP contribution in [0.1, 0.15) is 39.6 Å². The summed E-state index contributed by atoms with van der Waals surface area (Å²) in [5.41, 5.74) is 3.25. The molecule has 2 aromatic rings. The molecule has 2 amide bonds. The van der Waals surface area contributed by atoms with Gasteiger partial charge in [0.05, 0.1) is 12.7 Å². The van der Waals surface area contributed by atoms with Crippen molar-refractivity contribution < 1.29 is 19.1 Å². The molecule has 26 heavy (non-hydrogen) atoms. The molecule has 0 saturated carbocycles. The van der Waals surface area contributed by atoms with Crippen molar-refractivity contribution in [2.24, 2.45) is 0 Å². The summed E-state index contributed by atoms with van der Waals surface area (Å²) in [6.07, 6.45) is 1.50. The molecule has 6 nitrogen and oxygen atoms in total. The van der Waals surface area contributed by atoms with Gasteiger partial charge in [-0.2, -0.15) is 0 Å². The maximum atomic E-state index is 13.0. The molecule has 1 aliphatic rings. The van der Waals surface area contributed by atoms with Gasteiger partial charge >= 0.3 is 5.97 Å². The highest BCUT2D eigenvalue weighted by Crippen LogP contribution is 2.31. The fraction of sp³-hybridized carbons (Fsp3) is 0.250. The zero-order valence-corrected chi connectivity index (χ0v) is 14.7. The maximum Gasteiger partial charge on any atom is 0.338 e. The number of fused-ring (bicyclic) bond motifs is 1. The molecule has 1 aliphatic heterocycles. The van der Waals surface area contributed by atoms with Crippen molar-refractivity contribution in [3.05, 3.63) is 59.2 Å². The Hall–Kier alpha value is -3.15. The first-order chi connectivity index (χ1) is 12.5. The van der Waals surface area contributed by atoms with Gasteiger partial charge in [-0.05, 0) is 54.8 Å². The fourth-order valence-corrected chi connectivity index (χ4v) is 3.19. The highest BCUT2D eigenvalue weighted by atomic mass is 16.5. The number of hydrogen-bond acceptors (Lipinski definition) is 4. The maximum absolute atomic E-state index is 13.0. The Morgan fingerprint density at radius 2 is 1.81 bits per heavy atom. The van der Waals surface area contributed by atoms with Gasteiger partial charge in [0.1, 0.15) is 0 Å². The number of hydrogen-bond donors (Lipinski definition) is 1. The summed E-state index contributed by atoms with van der Waals surface area (Å²) in [6, 6.07) is 12.1.